The lowest BCUT2D eigenvalue weighted by Gasteiger charge is -2.30. The van der Waals surface area contributed by atoms with E-state index in [1.165, 1.54) is 6.07 Å². The Bertz CT molecular complexity index is 1090. The summed E-state index contributed by atoms with van der Waals surface area (Å²) in [5, 5.41) is 0. The number of nitrogens with two attached hydrogens (primary N) is 1. The number of likely N-dealkylation sites (tertiary alicyclic amines) is 1. The maximum absolute atomic E-state index is 13.1. The lowest BCUT2D eigenvalue weighted by molar-refractivity contribution is -0.123. The molecule has 7 nitrogen and oxygen atoms in total. The van der Waals surface area contributed by atoms with Gasteiger partial charge in [-0.2, -0.15) is 0 Å². The molecule has 3 N–H and O–H groups in total. The molecule has 0 radical (unpaired) electrons. The maximum atomic E-state index is 13.1. The number of sulfonamides is 1. The summed E-state index contributed by atoms with van der Waals surface area (Å²) in [5.41, 5.74) is 8.48. The zero-order valence-corrected chi connectivity index (χ0v) is 18.3. The molecule has 0 unspecified atom stereocenters. The van der Waals surface area contributed by atoms with Gasteiger partial charge in [0.05, 0.1) is 10.6 Å². The van der Waals surface area contributed by atoms with Crippen LogP contribution in [0.25, 0.3) is 0 Å². The number of hydrogen-bond acceptors (Lipinski definition) is 4. The van der Waals surface area contributed by atoms with Crippen molar-refractivity contribution in [3.8, 4) is 0 Å². The van der Waals surface area contributed by atoms with Crippen LogP contribution in [0.2, 0.25) is 0 Å². The van der Waals surface area contributed by atoms with Gasteiger partial charge in [-0.1, -0.05) is 18.2 Å². The Morgan fingerprint density at radius 1 is 1.00 bits per heavy atom. The van der Waals surface area contributed by atoms with Crippen molar-refractivity contribution in [2.45, 2.75) is 38.5 Å². The van der Waals surface area contributed by atoms with Crippen molar-refractivity contribution < 1.29 is 18.0 Å². The summed E-state index contributed by atoms with van der Waals surface area (Å²) >= 11 is 0. The van der Waals surface area contributed by atoms with Crippen molar-refractivity contribution in [3.63, 3.8) is 0 Å². The number of primary amides is 1. The number of aryl methyl sites for hydroxylation is 3. The molecule has 0 aromatic heterocycles. The second-order valence-electron chi connectivity index (χ2n) is 7.87. The van der Waals surface area contributed by atoms with E-state index in [9.17, 15) is 18.0 Å². The third-order valence-electron chi connectivity index (χ3n) is 5.55. The molecule has 2 aromatic rings. The van der Waals surface area contributed by atoms with E-state index in [4.69, 9.17) is 5.73 Å². The first-order valence-electron chi connectivity index (χ1n) is 9.88. The monoisotopic (exact) mass is 429 g/mol. The van der Waals surface area contributed by atoms with E-state index in [1.54, 1.807) is 30.0 Å². The van der Waals surface area contributed by atoms with Crippen molar-refractivity contribution in [3.05, 3.63) is 58.7 Å². The number of anilines is 1. The number of rotatable bonds is 5. The molecule has 1 fully saturated rings. The summed E-state index contributed by atoms with van der Waals surface area (Å²) in [6.45, 7) is 6.26. The normalized spacial score (nSPS) is 15.1. The number of hydrogen-bond donors (Lipinski definition) is 2. The number of piperidine rings is 1. The summed E-state index contributed by atoms with van der Waals surface area (Å²) < 4.78 is 28.8. The first-order valence-corrected chi connectivity index (χ1v) is 11.4. The molecule has 3 rings (SSSR count). The number of nitrogens with one attached hydrogen (secondary N) is 1. The highest BCUT2D eigenvalue weighted by Crippen LogP contribution is 2.25. The minimum absolute atomic E-state index is 0.0706. The Balaban J connectivity index is 1.85. The summed E-state index contributed by atoms with van der Waals surface area (Å²) in [7, 11) is -3.87. The summed E-state index contributed by atoms with van der Waals surface area (Å²) in [4.78, 5) is 26.0. The van der Waals surface area contributed by atoms with Gasteiger partial charge < -0.3 is 10.6 Å². The third kappa shape index (κ3) is 4.64. The number of carbonyl (C=O) groups excluding carboxylic acids is 2. The van der Waals surface area contributed by atoms with Gasteiger partial charge in [0.15, 0.2) is 0 Å². The van der Waals surface area contributed by atoms with Gasteiger partial charge in [0.2, 0.25) is 5.91 Å². The van der Waals surface area contributed by atoms with E-state index in [0.29, 0.717) is 42.7 Å². The molecule has 2 aromatic carbocycles. The Kier molecular flexibility index (Phi) is 6.17. The smallest absolute Gasteiger partial charge is 0.262 e. The van der Waals surface area contributed by atoms with Crippen molar-refractivity contribution in [2.24, 2.45) is 11.7 Å². The van der Waals surface area contributed by atoms with Crippen molar-refractivity contribution in [1.29, 1.82) is 0 Å². The quantitative estimate of drug-likeness (QED) is 0.761. The van der Waals surface area contributed by atoms with Crippen LogP contribution in [-0.2, 0) is 14.8 Å². The van der Waals surface area contributed by atoms with Gasteiger partial charge in [-0.3, -0.25) is 14.3 Å². The van der Waals surface area contributed by atoms with Gasteiger partial charge in [-0.25, -0.2) is 8.42 Å². The topological polar surface area (TPSA) is 110 Å². The highest BCUT2D eigenvalue weighted by molar-refractivity contribution is 7.92. The van der Waals surface area contributed by atoms with Gasteiger partial charge >= 0.3 is 0 Å². The SMILES string of the molecule is Cc1ccc(C)c(NS(=O)(=O)c2cc(C(=O)N3CCC(C(N)=O)CC3)ccc2C)c1. The standard InChI is InChI=1S/C22H27N3O4S/c1-14-4-5-15(2)19(12-14)24-30(28,29)20-13-18(7-6-16(20)3)22(27)25-10-8-17(9-11-25)21(23)26/h4-7,12-13,17,24H,8-11H2,1-3H3,(H2,23,26). The zero-order valence-electron chi connectivity index (χ0n) is 17.4. The Labute approximate surface area is 177 Å². The second kappa shape index (κ2) is 8.47. The molecule has 0 aliphatic carbocycles. The highest BCUT2D eigenvalue weighted by Gasteiger charge is 2.27. The highest BCUT2D eigenvalue weighted by atomic mass is 32.2. The van der Waals surface area contributed by atoms with Crippen LogP contribution in [0.15, 0.2) is 41.3 Å². The first-order chi connectivity index (χ1) is 14.1. The molecular weight excluding hydrogens is 402 g/mol. The van der Waals surface area contributed by atoms with Crippen LogP contribution in [0.1, 0.15) is 39.9 Å². The largest absolute Gasteiger partial charge is 0.369 e. The van der Waals surface area contributed by atoms with E-state index in [-0.39, 0.29) is 22.6 Å². The summed E-state index contributed by atoms with van der Waals surface area (Å²) in [6.07, 6.45) is 1.04. The minimum atomic E-state index is -3.87. The van der Waals surface area contributed by atoms with Gasteiger partial charge in [0.25, 0.3) is 15.9 Å². The van der Waals surface area contributed by atoms with Crippen LogP contribution in [0, 0.1) is 26.7 Å². The van der Waals surface area contributed by atoms with Gasteiger partial charge in [-0.05, 0) is 68.5 Å². The molecule has 2 amide bonds. The Morgan fingerprint density at radius 3 is 2.27 bits per heavy atom. The molecule has 30 heavy (non-hydrogen) atoms. The van der Waals surface area contributed by atoms with Crippen LogP contribution >= 0.6 is 0 Å². The predicted molar refractivity (Wildman–Crippen MR) is 116 cm³/mol. The average molecular weight is 430 g/mol. The van der Waals surface area contributed by atoms with Gasteiger partial charge in [0.1, 0.15) is 0 Å². The minimum Gasteiger partial charge on any atom is -0.369 e. The number of benzene rings is 2. The molecule has 0 atom stereocenters. The molecule has 1 heterocycles. The fraction of sp³-hybridized carbons (Fsp3) is 0.364. The van der Waals surface area contributed by atoms with Gasteiger partial charge in [-0.15, -0.1) is 0 Å². The molecule has 0 bridgehead atoms. The number of nitrogens with zero attached hydrogens (tertiary/aromatic N) is 1. The fourth-order valence-electron chi connectivity index (χ4n) is 3.62. The zero-order chi connectivity index (χ0) is 22.1. The molecule has 0 spiro atoms. The van der Waals surface area contributed by atoms with E-state index < -0.39 is 10.0 Å². The molecule has 1 aliphatic rings. The Hall–Kier alpha value is -2.87. The van der Waals surface area contributed by atoms with Crippen LogP contribution < -0.4 is 10.5 Å². The van der Waals surface area contributed by atoms with Crippen LogP contribution in [0.4, 0.5) is 5.69 Å². The van der Waals surface area contributed by atoms with E-state index >= 15 is 0 Å². The first kappa shape index (κ1) is 21.8. The molecule has 8 heteroatoms. The van der Waals surface area contributed by atoms with E-state index in [2.05, 4.69) is 4.72 Å². The van der Waals surface area contributed by atoms with Crippen molar-refractivity contribution >= 4 is 27.5 Å². The van der Waals surface area contributed by atoms with E-state index in [0.717, 1.165) is 11.1 Å². The number of amides is 2. The lowest BCUT2D eigenvalue weighted by atomic mass is 9.96. The lowest BCUT2D eigenvalue weighted by Crippen LogP contribution is -2.41. The fourth-order valence-corrected chi connectivity index (χ4v) is 5.01. The van der Waals surface area contributed by atoms with E-state index in [1.807, 2.05) is 26.0 Å². The summed E-state index contributed by atoms with van der Waals surface area (Å²) in [6, 6.07) is 10.2. The van der Waals surface area contributed by atoms with Gasteiger partial charge in [0, 0.05) is 24.6 Å². The van der Waals surface area contributed by atoms with Crippen molar-refractivity contribution in [2.75, 3.05) is 17.8 Å². The third-order valence-corrected chi connectivity index (χ3v) is 7.05. The van der Waals surface area contributed by atoms with Crippen molar-refractivity contribution in [1.82, 2.24) is 4.90 Å². The molecule has 1 saturated heterocycles. The second-order valence-corrected chi connectivity index (χ2v) is 9.52. The van der Waals surface area contributed by atoms with Crippen LogP contribution in [0.5, 0.6) is 0 Å². The molecule has 1 aliphatic heterocycles. The average Bonchev–Trinajstić information content (AvgIpc) is 2.70. The molecular formula is C22H27N3O4S. The van der Waals surface area contributed by atoms with Crippen LogP contribution in [-0.4, -0.2) is 38.2 Å². The van der Waals surface area contributed by atoms with Crippen LogP contribution in [0.3, 0.4) is 0 Å². The summed E-state index contributed by atoms with van der Waals surface area (Å²) in [5.74, 6) is -0.811. The number of carbonyl (C=O) groups is 2. The molecule has 160 valence electrons. The maximum Gasteiger partial charge on any atom is 0.262 e. The molecule has 0 saturated carbocycles. The Morgan fingerprint density at radius 2 is 1.63 bits per heavy atom. The predicted octanol–water partition coefficient (Wildman–Crippen LogP) is 2.75.